The van der Waals surface area contributed by atoms with Crippen molar-refractivity contribution in [3.05, 3.63) is 33.4 Å². The first-order valence-electron chi connectivity index (χ1n) is 6.17. The fourth-order valence-electron chi connectivity index (χ4n) is 2.36. The normalized spacial score (nSPS) is 19.9. The summed E-state index contributed by atoms with van der Waals surface area (Å²) >= 11 is 0. The lowest BCUT2D eigenvalue weighted by Crippen LogP contribution is -2.38. The van der Waals surface area contributed by atoms with Crippen molar-refractivity contribution in [1.29, 1.82) is 0 Å². The number of benzene rings is 1. The van der Waals surface area contributed by atoms with Gasteiger partial charge in [-0.25, -0.2) is 0 Å². The van der Waals surface area contributed by atoms with Gasteiger partial charge in [-0.1, -0.05) is 0 Å². The number of anilines is 1. The molecule has 1 aromatic rings. The second kappa shape index (κ2) is 4.94. The summed E-state index contributed by atoms with van der Waals surface area (Å²) in [4.78, 5) is 12.7. The van der Waals surface area contributed by atoms with Gasteiger partial charge in [0.2, 0.25) is 0 Å². The number of hydrogen-bond acceptors (Lipinski definition) is 4. The van der Waals surface area contributed by atoms with E-state index < -0.39 is 0 Å². The standard InChI is InChI=1S/C13H18N2O3/c1-9-6-12(13(15(17)18)7-10(9)2)14-5-3-4-11(16)8-14/h6-7,11,16H,3-5,8H2,1-2H3. The molecule has 1 aromatic carbocycles. The highest BCUT2D eigenvalue weighted by molar-refractivity contribution is 5.66. The lowest BCUT2D eigenvalue weighted by Gasteiger charge is -2.31. The maximum absolute atomic E-state index is 11.1. The molecule has 2 rings (SSSR count). The van der Waals surface area contributed by atoms with Crippen molar-refractivity contribution in [3.63, 3.8) is 0 Å². The van der Waals surface area contributed by atoms with E-state index in [1.54, 1.807) is 6.07 Å². The van der Waals surface area contributed by atoms with E-state index in [1.165, 1.54) is 0 Å². The number of rotatable bonds is 2. The zero-order valence-corrected chi connectivity index (χ0v) is 10.7. The highest BCUT2D eigenvalue weighted by Crippen LogP contribution is 2.32. The average Bonchev–Trinajstić information content (AvgIpc) is 2.31. The van der Waals surface area contributed by atoms with Crippen LogP contribution in [0, 0.1) is 24.0 Å². The molecule has 1 heterocycles. The summed E-state index contributed by atoms with van der Waals surface area (Å²) in [5.74, 6) is 0. The van der Waals surface area contributed by atoms with Crippen LogP contribution in [0.1, 0.15) is 24.0 Å². The van der Waals surface area contributed by atoms with E-state index in [-0.39, 0.29) is 16.7 Å². The molecule has 5 nitrogen and oxygen atoms in total. The van der Waals surface area contributed by atoms with Crippen molar-refractivity contribution in [1.82, 2.24) is 0 Å². The van der Waals surface area contributed by atoms with Gasteiger partial charge in [0.1, 0.15) is 5.69 Å². The van der Waals surface area contributed by atoms with Crippen molar-refractivity contribution in [2.24, 2.45) is 0 Å². The Kier molecular flexibility index (Phi) is 3.52. The van der Waals surface area contributed by atoms with Crippen LogP contribution >= 0.6 is 0 Å². The zero-order valence-electron chi connectivity index (χ0n) is 10.7. The summed E-state index contributed by atoms with van der Waals surface area (Å²) in [5.41, 5.74) is 2.72. The van der Waals surface area contributed by atoms with Gasteiger partial charge in [0.15, 0.2) is 0 Å². The van der Waals surface area contributed by atoms with Crippen LogP contribution in [0.2, 0.25) is 0 Å². The Morgan fingerprint density at radius 3 is 2.67 bits per heavy atom. The number of nitro groups is 1. The molecule has 1 fully saturated rings. The zero-order chi connectivity index (χ0) is 13.3. The minimum absolute atomic E-state index is 0.132. The Bertz CT molecular complexity index is 474. The second-order valence-corrected chi connectivity index (χ2v) is 4.92. The molecule has 1 N–H and O–H groups in total. The van der Waals surface area contributed by atoms with Crippen molar-refractivity contribution in [2.75, 3.05) is 18.0 Å². The molecule has 0 saturated carbocycles. The minimum atomic E-state index is -0.389. The van der Waals surface area contributed by atoms with Crippen LogP contribution < -0.4 is 4.90 Å². The van der Waals surface area contributed by atoms with Gasteiger partial charge in [-0.3, -0.25) is 10.1 Å². The molecule has 1 atom stereocenters. The van der Waals surface area contributed by atoms with Gasteiger partial charge in [-0.15, -0.1) is 0 Å². The van der Waals surface area contributed by atoms with Crippen molar-refractivity contribution in [3.8, 4) is 0 Å². The molecule has 1 saturated heterocycles. The molecule has 1 aliphatic heterocycles. The van der Waals surface area contributed by atoms with E-state index in [4.69, 9.17) is 0 Å². The van der Waals surface area contributed by atoms with Crippen molar-refractivity contribution < 1.29 is 10.0 Å². The van der Waals surface area contributed by atoms with Gasteiger partial charge >= 0.3 is 0 Å². The van der Waals surface area contributed by atoms with Gasteiger partial charge < -0.3 is 10.0 Å². The Morgan fingerprint density at radius 1 is 1.39 bits per heavy atom. The topological polar surface area (TPSA) is 66.6 Å². The van der Waals surface area contributed by atoms with Crippen LogP contribution in [0.25, 0.3) is 0 Å². The van der Waals surface area contributed by atoms with Crippen LogP contribution in [-0.4, -0.2) is 29.2 Å². The molecular formula is C13H18N2O3. The smallest absolute Gasteiger partial charge is 0.292 e. The molecule has 0 aliphatic carbocycles. The quantitative estimate of drug-likeness (QED) is 0.645. The first kappa shape index (κ1) is 12.8. The van der Waals surface area contributed by atoms with E-state index in [9.17, 15) is 15.2 Å². The number of hydrogen-bond donors (Lipinski definition) is 1. The van der Waals surface area contributed by atoms with E-state index in [2.05, 4.69) is 0 Å². The summed E-state index contributed by atoms with van der Waals surface area (Å²) in [6.07, 6.45) is 1.25. The van der Waals surface area contributed by atoms with Gasteiger partial charge in [0.25, 0.3) is 5.69 Å². The van der Waals surface area contributed by atoms with Crippen LogP contribution in [0.15, 0.2) is 12.1 Å². The van der Waals surface area contributed by atoms with E-state index >= 15 is 0 Å². The Morgan fingerprint density at radius 2 is 2.06 bits per heavy atom. The number of piperidine rings is 1. The third kappa shape index (κ3) is 2.46. The Labute approximate surface area is 106 Å². The second-order valence-electron chi connectivity index (χ2n) is 4.92. The molecular weight excluding hydrogens is 232 g/mol. The molecule has 98 valence electrons. The van der Waals surface area contributed by atoms with Crippen LogP contribution in [0.3, 0.4) is 0 Å². The predicted octanol–water partition coefficient (Wildman–Crippen LogP) is 2.17. The van der Waals surface area contributed by atoms with Crippen molar-refractivity contribution >= 4 is 11.4 Å². The number of aliphatic hydroxyl groups is 1. The minimum Gasteiger partial charge on any atom is -0.391 e. The van der Waals surface area contributed by atoms with Gasteiger partial charge in [-0.2, -0.15) is 0 Å². The maximum atomic E-state index is 11.1. The molecule has 0 radical (unpaired) electrons. The molecule has 1 aliphatic rings. The van der Waals surface area contributed by atoms with E-state index in [0.29, 0.717) is 12.2 Å². The first-order valence-corrected chi connectivity index (χ1v) is 6.17. The highest BCUT2D eigenvalue weighted by Gasteiger charge is 2.25. The third-order valence-electron chi connectivity index (χ3n) is 3.52. The molecule has 18 heavy (non-hydrogen) atoms. The van der Waals surface area contributed by atoms with Crippen LogP contribution in [-0.2, 0) is 0 Å². The fraction of sp³-hybridized carbons (Fsp3) is 0.538. The Hall–Kier alpha value is -1.62. The molecule has 1 unspecified atom stereocenters. The summed E-state index contributed by atoms with van der Waals surface area (Å²) in [6, 6.07) is 3.47. The van der Waals surface area contributed by atoms with Gasteiger partial charge in [0, 0.05) is 19.2 Å². The monoisotopic (exact) mass is 250 g/mol. The van der Waals surface area contributed by atoms with E-state index in [1.807, 2.05) is 24.8 Å². The fourth-order valence-corrected chi connectivity index (χ4v) is 2.36. The number of nitro benzene ring substituents is 1. The van der Waals surface area contributed by atoms with Gasteiger partial charge in [0.05, 0.1) is 11.0 Å². The van der Waals surface area contributed by atoms with Crippen molar-refractivity contribution in [2.45, 2.75) is 32.8 Å². The number of aliphatic hydroxyl groups excluding tert-OH is 1. The highest BCUT2D eigenvalue weighted by atomic mass is 16.6. The summed E-state index contributed by atoms with van der Waals surface area (Å²) < 4.78 is 0. The molecule has 0 aromatic heterocycles. The number of β-amino-alcohol motifs (C(OH)–C–C–N with tert-alkyl or cyclic N) is 1. The maximum Gasteiger partial charge on any atom is 0.292 e. The molecule has 0 bridgehead atoms. The van der Waals surface area contributed by atoms with Crippen LogP contribution in [0.4, 0.5) is 11.4 Å². The predicted molar refractivity (Wildman–Crippen MR) is 70.0 cm³/mol. The summed E-state index contributed by atoms with van der Waals surface area (Å²) in [5, 5.41) is 20.8. The first-order chi connectivity index (χ1) is 8.49. The molecule has 0 spiro atoms. The SMILES string of the molecule is Cc1cc(N2CCCC(O)C2)c([N+](=O)[O-])cc1C. The number of aryl methyl sites for hydroxylation is 2. The van der Waals surface area contributed by atoms with E-state index in [0.717, 1.165) is 30.5 Å². The van der Waals surface area contributed by atoms with Crippen LogP contribution in [0.5, 0.6) is 0 Å². The Balaban J connectivity index is 2.41. The molecule has 5 heteroatoms. The lowest BCUT2D eigenvalue weighted by atomic mass is 10.0. The lowest BCUT2D eigenvalue weighted by molar-refractivity contribution is -0.384. The average molecular weight is 250 g/mol. The summed E-state index contributed by atoms with van der Waals surface area (Å²) in [6.45, 7) is 5.06. The largest absolute Gasteiger partial charge is 0.391 e. The molecule has 0 amide bonds. The number of nitrogens with zero attached hydrogens (tertiary/aromatic N) is 2. The van der Waals surface area contributed by atoms with Gasteiger partial charge in [-0.05, 0) is 43.9 Å². The third-order valence-corrected chi connectivity index (χ3v) is 3.52. The summed E-state index contributed by atoms with van der Waals surface area (Å²) in [7, 11) is 0.